The van der Waals surface area contributed by atoms with Crippen LogP contribution in [0.2, 0.25) is 10.0 Å². The molecule has 148 valence electrons. The second kappa shape index (κ2) is 8.71. The Morgan fingerprint density at radius 3 is 2.37 bits per heavy atom. The third-order valence-electron chi connectivity index (χ3n) is 3.95. The van der Waals surface area contributed by atoms with Gasteiger partial charge in [0.15, 0.2) is 5.75 Å². The summed E-state index contributed by atoms with van der Waals surface area (Å²) in [5.41, 5.74) is 1.14. The molecule has 1 aromatic rings. The van der Waals surface area contributed by atoms with Crippen molar-refractivity contribution in [2.75, 3.05) is 14.2 Å². The monoisotopic (exact) mass is 416 g/mol. The van der Waals surface area contributed by atoms with Crippen LogP contribution in [0.5, 0.6) is 11.5 Å². The van der Waals surface area contributed by atoms with E-state index in [-0.39, 0.29) is 33.2 Å². The SMILES string of the molecule is CCC1=C(C(=O)OC(C)C)C(c2cc(Cl)c(OC)c(Cl)c2OC)NC(=O)N1. The second-order valence-corrected chi connectivity index (χ2v) is 6.84. The summed E-state index contributed by atoms with van der Waals surface area (Å²) in [5.74, 6) is -0.0647. The number of amides is 2. The van der Waals surface area contributed by atoms with Gasteiger partial charge in [0.25, 0.3) is 0 Å². The zero-order valence-electron chi connectivity index (χ0n) is 15.7. The Morgan fingerprint density at radius 1 is 1.22 bits per heavy atom. The van der Waals surface area contributed by atoms with E-state index in [0.717, 1.165) is 0 Å². The van der Waals surface area contributed by atoms with E-state index < -0.39 is 18.0 Å². The number of urea groups is 1. The minimum Gasteiger partial charge on any atom is -0.495 e. The smallest absolute Gasteiger partial charge is 0.338 e. The maximum Gasteiger partial charge on any atom is 0.338 e. The molecule has 27 heavy (non-hydrogen) atoms. The van der Waals surface area contributed by atoms with Crippen LogP contribution in [0.4, 0.5) is 4.79 Å². The average molecular weight is 417 g/mol. The number of rotatable bonds is 6. The van der Waals surface area contributed by atoms with E-state index in [1.807, 2.05) is 6.92 Å². The van der Waals surface area contributed by atoms with E-state index >= 15 is 0 Å². The van der Waals surface area contributed by atoms with Crippen LogP contribution < -0.4 is 20.1 Å². The van der Waals surface area contributed by atoms with Gasteiger partial charge in [-0.2, -0.15) is 0 Å². The molecule has 0 bridgehead atoms. The number of halogens is 2. The summed E-state index contributed by atoms with van der Waals surface area (Å²) in [5, 5.41) is 5.74. The third kappa shape index (κ3) is 4.25. The standard InChI is InChI=1S/C18H22Cl2N2O5/c1-6-11-12(17(23)27-8(2)3)14(22-18(24)21-11)9-7-10(19)16(26-5)13(20)15(9)25-4/h7-8,14H,6H2,1-5H3,(H2,21,22,24). The third-order valence-corrected chi connectivity index (χ3v) is 4.57. The molecule has 1 unspecified atom stereocenters. The first-order chi connectivity index (χ1) is 12.7. The second-order valence-electron chi connectivity index (χ2n) is 6.06. The zero-order valence-corrected chi connectivity index (χ0v) is 17.2. The normalized spacial score (nSPS) is 16.7. The van der Waals surface area contributed by atoms with Crippen LogP contribution in [0.15, 0.2) is 17.3 Å². The molecule has 0 aliphatic carbocycles. The molecule has 2 amide bonds. The fourth-order valence-electron chi connectivity index (χ4n) is 2.86. The predicted molar refractivity (Wildman–Crippen MR) is 103 cm³/mol. The molecule has 0 spiro atoms. The molecule has 2 rings (SSSR count). The Bertz CT molecular complexity index is 792. The Labute approximate surface area is 167 Å². The lowest BCUT2D eigenvalue weighted by atomic mass is 9.93. The number of ether oxygens (including phenoxy) is 3. The molecule has 7 nitrogen and oxygen atoms in total. The maximum atomic E-state index is 12.8. The first-order valence-electron chi connectivity index (χ1n) is 8.36. The van der Waals surface area contributed by atoms with E-state index in [0.29, 0.717) is 17.7 Å². The maximum absolute atomic E-state index is 12.8. The van der Waals surface area contributed by atoms with Gasteiger partial charge in [-0.05, 0) is 26.3 Å². The molecule has 0 radical (unpaired) electrons. The Hall–Kier alpha value is -2.12. The summed E-state index contributed by atoms with van der Waals surface area (Å²) in [6.07, 6.45) is 0.0955. The predicted octanol–water partition coefficient (Wildman–Crippen LogP) is 3.98. The van der Waals surface area contributed by atoms with Gasteiger partial charge in [0.2, 0.25) is 0 Å². The largest absolute Gasteiger partial charge is 0.495 e. The minimum absolute atomic E-state index is 0.143. The number of hydrogen-bond acceptors (Lipinski definition) is 5. The van der Waals surface area contributed by atoms with Crippen molar-refractivity contribution in [3.05, 3.63) is 32.9 Å². The highest BCUT2D eigenvalue weighted by Gasteiger charge is 2.36. The van der Waals surface area contributed by atoms with E-state index in [2.05, 4.69) is 10.6 Å². The number of allylic oxidation sites excluding steroid dienone is 1. The van der Waals surface area contributed by atoms with Crippen LogP contribution in [0.25, 0.3) is 0 Å². The molecule has 0 fully saturated rings. The van der Waals surface area contributed by atoms with Gasteiger partial charge in [-0.3, -0.25) is 0 Å². The first kappa shape index (κ1) is 21.2. The van der Waals surface area contributed by atoms with E-state index in [1.54, 1.807) is 19.9 Å². The van der Waals surface area contributed by atoms with Gasteiger partial charge in [0.1, 0.15) is 10.8 Å². The number of carbonyl (C=O) groups excluding carboxylic acids is 2. The summed E-state index contributed by atoms with van der Waals surface area (Å²) >= 11 is 12.6. The fourth-order valence-corrected chi connectivity index (χ4v) is 3.56. The molecular weight excluding hydrogens is 395 g/mol. The van der Waals surface area contributed by atoms with Crippen molar-refractivity contribution in [1.29, 1.82) is 0 Å². The Kier molecular flexibility index (Phi) is 6.84. The van der Waals surface area contributed by atoms with Crippen molar-refractivity contribution in [2.45, 2.75) is 39.3 Å². The van der Waals surface area contributed by atoms with Gasteiger partial charge in [-0.25, -0.2) is 9.59 Å². The number of benzene rings is 1. The van der Waals surface area contributed by atoms with Crippen LogP contribution in [0.1, 0.15) is 38.8 Å². The Balaban J connectivity index is 2.70. The van der Waals surface area contributed by atoms with Gasteiger partial charge in [0.05, 0.1) is 37.0 Å². The molecule has 0 saturated heterocycles. The summed E-state index contributed by atoms with van der Waals surface area (Å²) < 4.78 is 16.0. The molecule has 1 heterocycles. The number of carbonyl (C=O) groups is 2. The highest BCUT2D eigenvalue weighted by atomic mass is 35.5. The van der Waals surface area contributed by atoms with E-state index in [4.69, 9.17) is 37.4 Å². The van der Waals surface area contributed by atoms with Crippen molar-refractivity contribution in [3.63, 3.8) is 0 Å². The van der Waals surface area contributed by atoms with Gasteiger partial charge in [-0.15, -0.1) is 0 Å². The molecule has 0 saturated carbocycles. The number of esters is 1. The number of hydrogen-bond donors (Lipinski definition) is 2. The average Bonchev–Trinajstić information content (AvgIpc) is 2.60. The zero-order chi connectivity index (χ0) is 20.3. The summed E-state index contributed by atoms with van der Waals surface area (Å²) in [4.78, 5) is 24.9. The van der Waals surface area contributed by atoms with Gasteiger partial charge in [-0.1, -0.05) is 30.1 Å². The van der Waals surface area contributed by atoms with E-state index in [1.165, 1.54) is 14.2 Å². The number of methoxy groups -OCH3 is 2. The first-order valence-corrected chi connectivity index (χ1v) is 9.12. The van der Waals surface area contributed by atoms with Gasteiger partial charge < -0.3 is 24.8 Å². The fraction of sp³-hybridized carbons (Fsp3) is 0.444. The molecule has 1 atom stereocenters. The van der Waals surface area contributed by atoms with Crippen LogP contribution in [0.3, 0.4) is 0 Å². The summed E-state index contributed by atoms with van der Waals surface area (Å²) in [7, 11) is 2.86. The summed E-state index contributed by atoms with van der Waals surface area (Å²) in [6.45, 7) is 5.32. The van der Waals surface area contributed by atoms with Gasteiger partial charge >= 0.3 is 12.0 Å². The van der Waals surface area contributed by atoms with Crippen molar-refractivity contribution < 1.29 is 23.8 Å². The van der Waals surface area contributed by atoms with Crippen molar-refractivity contribution in [1.82, 2.24) is 10.6 Å². The van der Waals surface area contributed by atoms with Crippen molar-refractivity contribution in [3.8, 4) is 11.5 Å². The topological polar surface area (TPSA) is 85.9 Å². The molecular formula is C18H22Cl2N2O5. The lowest BCUT2D eigenvalue weighted by Gasteiger charge is -2.31. The van der Waals surface area contributed by atoms with Crippen LogP contribution in [-0.4, -0.2) is 32.3 Å². The lowest BCUT2D eigenvalue weighted by molar-refractivity contribution is -0.143. The molecule has 1 aliphatic rings. The Morgan fingerprint density at radius 2 is 1.85 bits per heavy atom. The lowest BCUT2D eigenvalue weighted by Crippen LogP contribution is -2.46. The molecule has 0 aromatic heterocycles. The van der Waals surface area contributed by atoms with Crippen molar-refractivity contribution >= 4 is 35.2 Å². The quantitative estimate of drug-likeness (QED) is 0.684. The molecule has 9 heteroatoms. The number of nitrogens with one attached hydrogen (secondary N) is 2. The molecule has 1 aliphatic heterocycles. The highest BCUT2D eigenvalue weighted by molar-refractivity contribution is 6.38. The molecule has 2 N–H and O–H groups in total. The van der Waals surface area contributed by atoms with Crippen molar-refractivity contribution in [2.24, 2.45) is 0 Å². The summed E-state index contributed by atoms with van der Waals surface area (Å²) in [6, 6.07) is 0.246. The van der Waals surface area contributed by atoms with E-state index in [9.17, 15) is 9.59 Å². The highest BCUT2D eigenvalue weighted by Crippen LogP contribution is 2.46. The van der Waals surface area contributed by atoms with Crippen LogP contribution >= 0.6 is 23.2 Å². The van der Waals surface area contributed by atoms with Crippen LogP contribution in [-0.2, 0) is 9.53 Å². The van der Waals surface area contributed by atoms with Crippen LogP contribution in [0, 0.1) is 0 Å². The minimum atomic E-state index is -0.851. The van der Waals surface area contributed by atoms with Gasteiger partial charge in [0, 0.05) is 11.3 Å². The molecule has 1 aromatic carbocycles.